The zero-order valence-electron chi connectivity index (χ0n) is 13.9. The van der Waals surface area contributed by atoms with Crippen molar-refractivity contribution in [3.63, 3.8) is 0 Å². The number of imidazole rings is 1. The summed E-state index contributed by atoms with van der Waals surface area (Å²) in [6.45, 7) is 1.96. The summed E-state index contributed by atoms with van der Waals surface area (Å²) in [5, 5.41) is 0.716. The average Bonchev–Trinajstić information content (AvgIpc) is 2.95. The number of nitrogens with zero attached hydrogens (tertiary/aromatic N) is 4. The van der Waals surface area contributed by atoms with Crippen LogP contribution in [0.25, 0.3) is 17.2 Å². The van der Waals surface area contributed by atoms with Gasteiger partial charge < -0.3 is 15.0 Å². The molecule has 0 fully saturated rings. The number of fused-ring (bicyclic) bond motifs is 1. The number of nitrogen functional groups attached to an aromatic ring is 1. The first-order valence-electron chi connectivity index (χ1n) is 7.49. The Bertz CT molecular complexity index is 903. The Labute approximate surface area is 144 Å². The Morgan fingerprint density at radius 1 is 1.33 bits per heavy atom. The summed E-state index contributed by atoms with van der Waals surface area (Å²) in [6.07, 6.45) is 5.66. The fraction of sp³-hybridized carbons (Fsp3) is 0.235. The number of aryl methyl sites for hydroxylation is 1. The third-order valence-electron chi connectivity index (χ3n) is 3.55. The van der Waals surface area contributed by atoms with Crippen molar-refractivity contribution < 1.29 is 4.74 Å². The molecule has 7 heteroatoms. The first-order valence-corrected chi connectivity index (χ1v) is 8.48. The lowest BCUT2D eigenvalue weighted by molar-refractivity contribution is 0.417. The molecule has 0 aliphatic heterocycles. The number of rotatable bonds is 5. The normalized spacial score (nSPS) is 11.5. The van der Waals surface area contributed by atoms with Gasteiger partial charge in [0, 0.05) is 12.8 Å². The molecule has 0 aliphatic carbocycles. The average molecular weight is 341 g/mol. The van der Waals surface area contributed by atoms with E-state index in [0.717, 1.165) is 28.2 Å². The van der Waals surface area contributed by atoms with Crippen molar-refractivity contribution in [1.82, 2.24) is 19.5 Å². The van der Waals surface area contributed by atoms with Crippen LogP contribution in [0.4, 0.5) is 5.69 Å². The summed E-state index contributed by atoms with van der Waals surface area (Å²) < 4.78 is 7.09. The zero-order chi connectivity index (χ0) is 17.1. The van der Waals surface area contributed by atoms with Gasteiger partial charge in [-0.2, -0.15) is 0 Å². The third-order valence-corrected chi connectivity index (χ3v) is 4.47. The molecular formula is C17H19N5OS. The molecule has 3 rings (SSSR count). The van der Waals surface area contributed by atoms with Gasteiger partial charge in [0.1, 0.15) is 11.3 Å². The minimum Gasteiger partial charge on any atom is -0.495 e. The zero-order valence-corrected chi connectivity index (χ0v) is 14.7. The fourth-order valence-corrected chi connectivity index (χ4v) is 3.16. The molecule has 0 saturated heterocycles. The van der Waals surface area contributed by atoms with Crippen LogP contribution in [0.15, 0.2) is 35.8 Å². The van der Waals surface area contributed by atoms with E-state index in [-0.39, 0.29) is 0 Å². The lowest BCUT2D eigenvalue weighted by Crippen LogP contribution is -1.97. The topological polar surface area (TPSA) is 78.8 Å². The summed E-state index contributed by atoms with van der Waals surface area (Å²) in [4.78, 5) is 13.6. The van der Waals surface area contributed by atoms with Crippen LogP contribution in [0.3, 0.4) is 0 Å². The number of nitrogens with two attached hydrogens (primary N) is 1. The van der Waals surface area contributed by atoms with Gasteiger partial charge in [0.15, 0.2) is 10.8 Å². The molecule has 0 radical (unpaired) electrons. The van der Waals surface area contributed by atoms with E-state index < -0.39 is 0 Å². The van der Waals surface area contributed by atoms with Gasteiger partial charge in [0.25, 0.3) is 0 Å². The Balaban J connectivity index is 1.87. The van der Waals surface area contributed by atoms with Crippen molar-refractivity contribution in [2.75, 3.05) is 12.8 Å². The maximum absolute atomic E-state index is 5.96. The Morgan fingerprint density at radius 3 is 2.88 bits per heavy atom. The predicted molar refractivity (Wildman–Crippen MR) is 98.0 cm³/mol. The Hall–Kier alpha value is -2.54. The quantitative estimate of drug-likeness (QED) is 0.436. The summed E-state index contributed by atoms with van der Waals surface area (Å²) in [5.41, 5.74) is 10.2. The monoisotopic (exact) mass is 341 g/mol. The number of benzene rings is 1. The standard InChI is InChI=1S/C17H19N5OS/c1-4-5-13-15-16(22(2)10-19-15)21-17(20-13)24-9-11-6-7-14(23-3)12(18)8-11/h4-8,10H,9,18H2,1-3H3. The highest BCUT2D eigenvalue weighted by Gasteiger charge is 2.11. The van der Waals surface area contributed by atoms with Crippen molar-refractivity contribution in [2.24, 2.45) is 7.05 Å². The molecule has 0 unspecified atom stereocenters. The van der Waals surface area contributed by atoms with Crippen molar-refractivity contribution in [2.45, 2.75) is 17.8 Å². The number of aromatic nitrogens is 4. The van der Waals surface area contributed by atoms with Gasteiger partial charge in [-0.1, -0.05) is 23.9 Å². The highest BCUT2D eigenvalue weighted by molar-refractivity contribution is 7.98. The number of ether oxygens (including phenoxy) is 1. The maximum Gasteiger partial charge on any atom is 0.190 e. The molecule has 0 saturated carbocycles. The number of methoxy groups -OCH3 is 1. The number of hydrogen-bond donors (Lipinski definition) is 1. The molecule has 24 heavy (non-hydrogen) atoms. The second-order valence-electron chi connectivity index (χ2n) is 5.28. The second kappa shape index (κ2) is 6.92. The fourth-order valence-electron chi connectivity index (χ4n) is 2.37. The molecule has 124 valence electrons. The van der Waals surface area contributed by atoms with E-state index in [1.165, 1.54) is 0 Å². The van der Waals surface area contributed by atoms with E-state index in [4.69, 9.17) is 10.5 Å². The summed E-state index contributed by atoms with van der Waals surface area (Å²) >= 11 is 1.57. The SMILES string of the molecule is CC=Cc1nc(SCc2ccc(OC)c(N)c2)nc2c1ncn2C. The van der Waals surface area contributed by atoms with Gasteiger partial charge in [-0.05, 0) is 30.7 Å². The molecule has 6 nitrogen and oxygen atoms in total. The summed E-state index contributed by atoms with van der Waals surface area (Å²) in [6, 6.07) is 5.79. The lowest BCUT2D eigenvalue weighted by atomic mass is 10.2. The largest absolute Gasteiger partial charge is 0.495 e. The van der Waals surface area contributed by atoms with Crippen LogP contribution in [-0.2, 0) is 12.8 Å². The van der Waals surface area contributed by atoms with E-state index in [1.54, 1.807) is 25.2 Å². The Kier molecular flexibility index (Phi) is 4.71. The van der Waals surface area contributed by atoms with E-state index in [0.29, 0.717) is 16.6 Å². The smallest absolute Gasteiger partial charge is 0.190 e. The molecule has 2 aromatic heterocycles. The maximum atomic E-state index is 5.96. The molecule has 0 bridgehead atoms. The van der Waals surface area contributed by atoms with E-state index in [9.17, 15) is 0 Å². The highest BCUT2D eigenvalue weighted by Crippen LogP contribution is 2.27. The van der Waals surface area contributed by atoms with E-state index in [2.05, 4.69) is 15.0 Å². The summed E-state index contributed by atoms with van der Waals surface area (Å²) in [5.74, 6) is 1.42. The van der Waals surface area contributed by atoms with Gasteiger partial charge in [-0.25, -0.2) is 15.0 Å². The molecule has 2 heterocycles. The third kappa shape index (κ3) is 3.21. The van der Waals surface area contributed by atoms with Crippen molar-refractivity contribution in [1.29, 1.82) is 0 Å². The van der Waals surface area contributed by atoms with Gasteiger partial charge in [0.2, 0.25) is 0 Å². The number of hydrogen-bond acceptors (Lipinski definition) is 6. The highest BCUT2D eigenvalue weighted by atomic mass is 32.2. The lowest BCUT2D eigenvalue weighted by Gasteiger charge is -2.07. The molecule has 3 aromatic rings. The molecule has 0 atom stereocenters. The van der Waals surface area contributed by atoms with Crippen molar-refractivity contribution in [3.05, 3.63) is 41.9 Å². The van der Waals surface area contributed by atoms with E-state index in [1.807, 2.05) is 48.9 Å². The molecule has 2 N–H and O–H groups in total. The molecule has 0 spiro atoms. The molecule has 0 aliphatic rings. The molecule has 0 amide bonds. The minimum absolute atomic E-state index is 0.633. The van der Waals surface area contributed by atoms with Gasteiger partial charge in [-0.3, -0.25) is 0 Å². The first kappa shape index (κ1) is 16.3. The van der Waals surface area contributed by atoms with Crippen molar-refractivity contribution >= 4 is 34.7 Å². The number of allylic oxidation sites excluding steroid dienone is 1. The second-order valence-corrected chi connectivity index (χ2v) is 6.23. The summed E-state index contributed by atoms with van der Waals surface area (Å²) in [7, 11) is 3.54. The van der Waals surface area contributed by atoms with Gasteiger partial charge >= 0.3 is 0 Å². The number of thioether (sulfide) groups is 1. The minimum atomic E-state index is 0.633. The van der Waals surface area contributed by atoms with E-state index >= 15 is 0 Å². The van der Waals surface area contributed by atoms with Crippen LogP contribution in [-0.4, -0.2) is 26.6 Å². The van der Waals surface area contributed by atoms with Crippen LogP contribution in [0.5, 0.6) is 5.75 Å². The van der Waals surface area contributed by atoms with Gasteiger partial charge in [-0.15, -0.1) is 0 Å². The van der Waals surface area contributed by atoms with Crippen LogP contribution < -0.4 is 10.5 Å². The van der Waals surface area contributed by atoms with Crippen LogP contribution >= 0.6 is 11.8 Å². The van der Waals surface area contributed by atoms with Gasteiger partial charge in [0.05, 0.1) is 24.8 Å². The Morgan fingerprint density at radius 2 is 2.17 bits per heavy atom. The predicted octanol–water partition coefficient (Wildman–Crippen LogP) is 3.28. The van der Waals surface area contributed by atoms with Crippen LogP contribution in [0.2, 0.25) is 0 Å². The molecule has 1 aromatic carbocycles. The van der Waals surface area contributed by atoms with Crippen molar-refractivity contribution in [3.8, 4) is 5.75 Å². The van der Waals surface area contributed by atoms with Crippen LogP contribution in [0.1, 0.15) is 18.2 Å². The number of anilines is 1. The first-order chi connectivity index (χ1) is 11.6. The van der Waals surface area contributed by atoms with Crippen LogP contribution in [0, 0.1) is 0 Å². The molecular weight excluding hydrogens is 322 g/mol.